The summed E-state index contributed by atoms with van der Waals surface area (Å²) < 4.78 is 24.4. The molecule has 1 aromatic rings. The molecule has 25 heavy (non-hydrogen) atoms. The number of urea groups is 1. The Morgan fingerprint density at radius 2 is 1.92 bits per heavy atom. The van der Waals surface area contributed by atoms with Crippen molar-refractivity contribution in [1.82, 2.24) is 10.6 Å². The highest BCUT2D eigenvalue weighted by atomic mass is 32.2. The number of anilines is 1. The topological polar surface area (TPSA) is 104 Å². The molecule has 3 rings (SSSR count). The Hall–Kier alpha value is -2.09. The summed E-state index contributed by atoms with van der Waals surface area (Å²) in [5, 5.41) is 7.62. The van der Waals surface area contributed by atoms with E-state index in [2.05, 4.69) is 16.0 Å². The van der Waals surface area contributed by atoms with Gasteiger partial charge in [0.2, 0.25) is 5.91 Å². The first-order chi connectivity index (χ1) is 11.8. The maximum Gasteiger partial charge on any atom is 0.315 e. The maximum absolute atomic E-state index is 12.2. The van der Waals surface area contributed by atoms with E-state index in [1.54, 1.807) is 0 Å². The van der Waals surface area contributed by atoms with Gasteiger partial charge in [0.15, 0.2) is 9.84 Å². The summed E-state index contributed by atoms with van der Waals surface area (Å²) >= 11 is 0. The molecule has 0 radical (unpaired) electrons. The Morgan fingerprint density at radius 3 is 2.64 bits per heavy atom. The van der Waals surface area contributed by atoms with E-state index in [0.717, 1.165) is 11.3 Å². The lowest BCUT2D eigenvalue weighted by Crippen LogP contribution is -2.39. The molecule has 3 N–H and O–H groups in total. The van der Waals surface area contributed by atoms with Gasteiger partial charge in [0.05, 0.1) is 23.1 Å². The van der Waals surface area contributed by atoms with Crippen molar-refractivity contribution in [2.45, 2.75) is 49.9 Å². The van der Waals surface area contributed by atoms with Crippen LogP contribution in [0.1, 0.15) is 31.2 Å². The molecule has 0 saturated carbocycles. The van der Waals surface area contributed by atoms with Gasteiger partial charge in [-0.2, -0.15) is 0 Å². The van der Waals surface area contributed by atoms with Crippen LogP contribution in [0.5, 0.6) is 0 Å². The van der Waals surface area contributed by atoms with Gasteiger partial charge in [-0.15, -0.1) is 0 Å². The van der Waals surface area contributed by atoms with Crippen molar-refractivity contribution in [1.29, 1.82) is 0 Å². The molecule has 0 aliphatic carbocycles. The summed E-state index contributed by atoms with van der Waals surface area (Å²) in [7, 11) is -3.20. The van der Waals surface area contributed by atoms with Gasteiger partial charge < -0.3 is 16.0 Å². The minimum absolute atomic E-state index is 0.00498. The lowest BCUT2D eigenvalue weighted by Gasteiger charge is -2.16. The maximum atomic E-state index is 12.2. The van der Waals surface area contributed by atoms with Crippen molar-refractivity contribution in [3.63, 3.8) is 0 Å². The summed E-state index contributed by atoms with van der Waals surface area (Å²) in [6.07, 6.45) is 2.05. The molecule has 8 heteroatoms. The van der Waals surface area contributed by atoms with E-state index in [-0.39, 0.29) is 29.8 Å². The number of benzene rings is 1. The van der Waals surface area contributed by atoms with Crippen LogP contribution in [0, 0.1) is 6.92 Å². The van der Waals surface area contributed by atoms with Crippen LogP contribution in [0.3, 0.4) is 0 Å². The third-order valence-electron chi connectivity index (χ3n) is 4.80. The van der Waals surface area contributed by atoms with Crippen molar-refractivity contribution in [3.05, 3.63) is 29.8 Å². The first-order valence-corrected chi connectivity index (χ1v) is 10.2. The van der Waals surface area contributed by atoms with Crippen LogP contribution in [0.4, 0.5) is 10.5 Å². The molecule has 2 heterocycles. The SMILES string of the molecule is Cc1ccc(NC(=O)CCCC[C@@H]2[C@@H]3NC(=O)N[C@@H]3CS2(=O)=O)cc1. The molecule has 2 saturated heterocycles. The number of hydrogen-bond acceptors (Lipinski definition) is 4. The molecule has 2 aliphatic heterocycles. The molecule has 0 unspecified atom stereocenters. The monoisotopic (exact) mass is 365 g/mol. The van der Waals surface area contributed by atoms with E-state index < -0.39 is 15.1 Å². The molecule has 136 valence electrons. The Morgan fingerprint density at radius 1 is 1.20 bits per heavy atom. The van der Waals surface area contributed by atoms with Gasteiger partial charge in [0.25, 0.3) is 0 Å². The summed E-state index contributed by atoms with van der Waals surface area (Å²) in [5.41, 5.74) is 1.89. The lowest BCUT2D eigenvalue weighted by molar-refractivity contribution is -0.116. The van der Waals surface area contributed by atoms with Crippen LogP contribution in [-0.4, -0.2) is 43.4 Å². The van der Waals surface area contributed by atoms with E-state index in [1.807, 2.05) is 31.2 Å². The fourth-order valence-corrected chi connectivity index (χ4v) is 5.77. The van der Waals surface area contributed by atoms with E-state index in [4.69, 9.17) is 0 Å². The highest BCUT2D eigenvalue weighted by Gasteiger charge is 2.51. The van der Waals surface area contributed by atoms with E-state index in [0.29, 0.717) is 25.7 Å². The van der Waals surface area contributed by atoms with Crippen LogP contribution >= 0.6 is 0 Å². The van der Waals surface area contributed by atoms with Gasteiger partial charge in [-0.1, -0.05) is 24.1 Å². The van der Waals surface area contributed by atoms with Gasteiger partial charge in [-0.3, -0.25) is 4.79 Å². The molecular formula is C17H23N3O4S. The van der Waals surface area contributed by atoms with Crippen LogP contribution in [0.2, 0.25) is 0 Å². The van der Waals surface area contributed by atoms with Crippen molar-refractivity contribution in [3.8, 4) is 0 Å². The fraction of sp³-hybridized carbons (Fsp3) is 0.529. The molecule has 0 aromatic heterocycles. The van der Waals surface area contributed by atoms with Crippen LogP contribution in [0.15, 0.2) is 24.3 Å². The highest BCUT2D eigenvalue weighted by Crippen LogP contribution is 2.28. The van der Waals surface area contributed by atoms with Crippen molar-refractivity contribution < 1.29 is 18.0 Å². The quantitative estimate of drug-likeness (QED) is 0.523. The van der Waals surface area contributed by atoms with Gasteiger partial charge in [0, 0.05) is 12.1 Å². The van der Waals surface area contributed by atoms with Gasteiger partial charge in [-0.05, 0) is 31.9 Å². The molecule has 3 amide bonds. The second-order valence-corrected chi connectivity index (χ2v) is 9.04. The van der Waals surface area contributed by atoms with Gasteiger partial charge >= 0.3 is 6.03 Å². The number of carbonyl (C=O) groups excluding carboxylic acids is 2. The predicted molar refractivity (Wildman–Crippen MR) is 95.1 cm³/mol. The highest BCUT2D eigenvalue weighted by molar-refractivity contribution is 7.92. The van der Waals surface area contributed by atoms with Crippen LogP contribution < -0.4 is 16.0 Å². The molecule has 2 aliphatic rings. The Bertz CT molecular complexity index is 761. The largest absolute Gasteiger partial charge is 0.332 e. The first kappa shape index (κ1) is 17.7. The number of nitrogens with one attached hydrogen (secondary N) is 3. The Balaban J connectivity index is 1.44. The van der Waals surface area contributed by atoms with E-state index in [9.17, 15) is 18.0 Å². The molecule has 0 bridgehead atoms. The number of aryl methyl sites for hydroxylation is 1. The zero-order chi connectivity index (χ0) is 18.0. The van der Waals surface area contributed by atoms with Gasteiger partial charge in [-0.25, -0.2) is 13.2 Å². The summed E-state index contributed by atoms with van der Waals surface area (Å²) in [6, 6.07) is 6.60. The second-order valence-electron chi connectivity index (χ2n) is 6.78. The summed E-state index contributed by atoms with van der Waals surface area (Å²) in [4.78, 5) is 23.3. The van der Waals surface area contributed by atoms with Crippen LogP contribution in [-0.2, 0) is 14.6 Å². The lowest BCUT2D eigenvalue weighted by atomic mass is 10.0. The number of fused-ring (bicyclic) bond motifs is 1. The molecular weight excluding hydrogens is 342 g/mol. The second kappa shape index (κ2) is 7.03. The Labute approximate surface area is 147 Å². The summed E-state index contributed by atoms with van der Waals surface area (Å²) in [5.74, 6) is -0.0820. The molecule has 0 spiro atoms. The average molecular weight is 365 g/mol. The third kappa shape index (κ3) is 4.12. The number of unbranched alkanes of at least 4 members (excludes halogenated alkanes) is 1. The van der Waals surface area contributed by atoms with E-state index in [1.165, 1.54) is 0 Å². The zero-order valence-corrected chi connectivity index (χ0v) is 14.9. The van der Waals surface area contributed by atoms with Gasteiger partial charge in [0.1, 0.15) is 0 Å². The number of sulfone groups is 1. The zero-order valence-electron chi connectivity index (χ0n) is 14.1. The normalized spacial score (nSPS) is 26.6. The number of hydrogen-bond donors (Lipinski definition) is 3. The Kier molecular flexibility index (Phi) is 4.99. The number of rotatable bonds is 6. The minimum Gasteiger partial charge on any atom is -0.332 e. The van der Waals surface area contributed by atoms with Crippen LogP contribution in [0.25, 0.3) is 0 Å². The first-order valence-electron chi connectivity index (χ1n) is 8.50. The smallest absolute Gasteiger partial charge is 0.315 e. The molecule has 1 aromatic carbocycles. The predicted octanol–water partition coefficient (Wildman–Crippen LogP) is 1.34. The molecule has 2 fully saturated rings. The summed E-state index contributed by atoms with van der Waals surface area (Å²) in [6.45, 7) is 1.98. The molecule has 7 nitrogen and oxygen atoms in total. The minimum atomic E-state index is -3.20. The third-order valence-corrected chi connectivity index (χ3v) is 7.07. The van der Waals surface area contributed by atoms with E-state index >= 15 is 0 Å². The van der Waals surface area contributed by atoms with Crippen molar-refractivity contribution >= 4 is 27.5 Å². The van der Waals surface area contributed by atoms with Crippen molar-refractivity contribution in [2.75, 3.05) is 11.1 Å². The fourth-order valence-electron chi connectivity index (χ4n) is 3.50. The number of carbonyl (C=O) groups is 2. The van der Waals surface area contributed by atoms with Crippen molar-refractivity contribution in [2.24, 2.45) is 0 Å². The standard InChI is InChI=1S/C17H23N3O4S/c1-11-6-8-12(9-7-11)18-15(21)5-3-2-4-14-16-13(10-25(14,23)24)19-17(22)20-16/h6-9,13-14,16H,2-5,10H2,1H3,(H,18,21)(H2,19,20,22)/t13-,14-,16-/m1/s1. The molecule has 3 atom stereocenters. The average Bonchev–Trinajstić information content (AvgIpc) is 2.98. The number of amides is 3.